The Kier molecular flexibility index (Phi) is 6.69. The van der Waals surface area contributed by atoms with Gasteiger partial charge < -0.3 is 14.6 Å². The number of benzene rings is 3. The lowest BCUT2D eigenvalue weighted by atomic mass is 10.1. The molecular formula is C24H21ClN2O4S2. The molecule has 0 unspecified atom stereocenters. The van der Waals surface area contributed by atoms with Crippen LogP contribution in [0.4, 0.5) is 5.69 Å². The van der Waals surface area contributed by atoms with Gasteiger partial charge in [0, 0.05) is 27.9 Å². The van der Waals surface area contributed by atoms with Crippen LogP contribution < -0.4 is 10.1 Å². The molecule has 33 heavy (non-hydrogen) atoms. The Balaban J connectivity index is 1.86. The Labute approximate surface area is 201 Å². The van der Waals surface area contributed by atoms with Gasteiger partial charge in [0.15, 0.2) is 0 Å². The van der Waals surface area contributed by atoms with Crippen LogP contribution in [0, 0.1) is 0 Å². The van der Waals surface area contributed by atoms with E-state index in [1.165, 1.54) is 19.2 Å². The lowest BCUT2D eigenvalue weighted by molar-refractivity contribution is 0.102. The van der Waals surface area contributed by atoms with Crippen molar-refractivity contribution in [2.24, 2.45) is 0 Å². The zero-order valence-electron chi connectivity index (χ0n) is 17.9. The maximum Gasteiger partial charge on any atom is 0.255 e. The molecule has 4 aromatic rings. The first-order valence-corrected chi connectivity index (χ1v) is 13.2. The molecule has 0 saturated carbocycles. The molecule has 0 aliphatic rings. The van der Waals surface area contributed by atoms with Crippen molar-refractivity contribution < 1.29 is 17.9 Å². The standard InChI is InChI=1S/C24H21ClN2O4S2/c1-31-21-11-9-17(25)13-22(21)33(29,30)23-14-27(15-32-2)20-10-8-16(12-19(20)23)24(28)26-18-6-4-3-5-7-18/h3-14H,15H2,1-2H3,(H,26,28). The van der Waals surface area contributed by atoms with Crippen LogP contribution in [0.15, 0.2) is 82.7 Å². The third-order valence-electron chi connectivity index (χ3n) is 5.11. The van der Waals surface area contributed by atoms with E-state index < -0.39 is 9.84 Å². The van der Waals surface area contributed by atoms with Crippen molar-refractivity contribution in [1.29, 1.82) is 0 Å². The van der Waals surface area contributed by atoms with Crippen molar-refractivity contribution >= 4 is 55.7 Å². The first kappa shape index (κ1) is 23.2. The molecule has 9 heteroatoms. The Bertz CT molecular complexity index is 1430. The number of anilines is 1. The maximum absolute atomic E-state index is 13.7. The summed E-state index contributed by atoms with van der Waals surface area (Å²) in [7, 11) is -2.59. The van der Waals surface area contributed by atoms with Crippen molar-refractivity contribution in [1.82, 2.24) is 4.57 Å². The number of amides is 1. The topological polar surface area (TPSA) is 77.4 Å². The number of hydrogen-bond donors (Lipinski definition) is 1. The minimum Gasteiger partial charge on any atom is -0.495 e. The Morgan fingerprint density at radius 3 is 2.52 bits per heavy atom. The number of nitrogens with one attached hydrogen (secondary N) is 1. The van der Waals surface area contributed by atoms with Crippen LogP contribution in [0.1, 0.15) is 10.4 Å². The van der Waals surface area contributed by atoms with E-state index >= 15 is 0 Å². The van der Waals surface area contributed by atoms with Crippen molar-refractivity contribution in [2.45, 2.75) is 15.7 Å². The first-order chi connectivity index (χ1) is 15.8. The molecule has 0 atom stereocenters. The molecule has 1 N–H and O–H groups in total. The van der Waals surface area contributed by atoms with Gasteiger partial charge in [-0.05, 0) is 54.8 Å². The van der Waals surface area contributed by atoms with Crippen LogP contribution in [0.3, 0.4) is 0 Å². The number of thioether (sulfide) groups is 1. The number of carbonyl (C=O) groups is 1. The smallest absolute Gasteiger partial charge is 0.255 e. The summed E-state index contributed by atoms with van der Waals surface area (Å²) in [4.78, 5) is 12.9. The number of rotatable bonds is 7. The third kappa shape index (κ3) is 4.59. The van der Waals surface area contributed by atoms with Crippen LogP contribution in [-0.2, 0) is 15.7 Å². The zero-order chi connectivity index (χ0) is 23.6. The van der Waals surface area contributed by atoms with Crippen LogP contribution in [0.25, 0.3) is 10.9 Å². The number of hydrogen-bond acceptors (Lipinski definition) is 5. The Hall–Kier alpha value is -2.94. The molecule has 0 spiro atoms. The second-order valence-electron chi connectivity index (χ2n) is 7.23. The van der Waals surface area contributed by atoms with E-state index in [4.69, 9.17) is 16.3 Å². The molecule has 0 aliphatic carbocycles. The number of carbonyl (C=O) groups excluding carboxylic acids is 1. The number of para-hydroxylation sites is 1. The van der Waals surface area contributed by atoms with Crippen molar-refractivity contribution in [3.05, 3.63) is 83.5 Å². The minimum atomic E-state index is -4.00. The number of aromatic nitrogens is 1. The van der Waals surface area contributed by atoms with Gasteiger partial charge in [-0.1, -0.05) is 29.8 Å². The van der Waals surface area contributed by atoms with Gasteiger partial charge >= 0.3 is 0 Å². The van der Waals surface area contributed by atoms with Gasteiger partial charge in [-0.3, -0.25) is 4.79 Å². The molecule has 1 heterocycles. The molecule has 1 aromatic heterocycles. The van der Waals surface area contributed by atoms with Gasteiger partial charge in [0.25, 0.3) is 5.91 Å². The van der Waals surface area contributed by atoms with Crippen LogP contribution in [-0.4, -0.2) is 32.3 Å². The second kappa shape index (κ2) is 9.51. The average molecular weight is 501 g/mol. The van der Waals surface area contributed by atoms with Crippen molar-refractivity contribution in [3.8, 4) is 5.75 Å². The van der Waals surface area contributed by atoms with Gasteiger partial charge in [-0.25, -0.2) is 8.42 Å². The highest BCUT2D eigenvalue weighted by Gasteiger charge is 2.27. The summed E-state index contributed by atoms with van der Waals surface area (Å²) in [5.74, 6) is 0.418. The Morgan fingerprint density at radius 2 is 1.82 bits per heavy atom. The lowest BCUT2D eigenvalue weighted by Gasteiger charge is -2.10. The number of sulfone groups is 1. The third-order valence-corrected chi connectivity index (χ3v) is 7.69. The van der Waals surface area contributed by atoms with Crippen molar-refractivity contribution in [3.63, 3.8) is 0 Å². The lowest BCUT2D eigenvalue weighted by Crippen LogP contribution is -2.11. The number of fused-ring (bicyclic) bond motifs is 1. The van der Waals surface area contributed by atoms with E-state index in [1.807, 2.05) is 29.0 Å². The van der Waals surface area contributed by atoms with E-state index in [9.17, 15) is 13.2 Å². The van der Waals surface area contributed by atoms with E-state index in [-0.39, 0.29) is 26.5 Å². The molecule has 170 valence electrons. The summed E-state index contributed by atoms with van der Waals surface area (Å²) in [5, 5.41) is 3.57. The normalized spacial score (nSPS) is 11.5. The fourth-order valence-corrected chi connectivity index (χ4v) is 5.95. The van der Waals surface area contributed by atoms with Gasteiger partial charge in [0.05, 0.1) is 23.4 Å². The summed E-state index contributed by atoms with van der Waals surface area (Å²) < 4.78 is 34.6. The number of ether oxygens (including phenoxy) is 1. The zero-order valence-corrected chi connectivity index (χ0v) is 20.3. The monoisotopic (exact) mass is 500 g/mol. The summed E-state index contributed by atoms with van der Waals surface area (Å²) >= 11 is 7.66. The number of halogens is 1. The SMILES string of the molecule is COc1ccc(Cl)cc1S(=O)(=O)c1cn(CSC)c2ccc(C(=O)Nc3ccccc3)cc12. The van der Waals surface area contributed by atoms with E-state index in [1.54, 1.807) is 54.4 Å². The molecule has 4 rings (SSSR count). The fraction of sp³-hybridized carbons (Fsp3) is 0.125. The predicted octanol–water partition coefficient (Wildman–Crippen LogP) is 5.71. The molecule has 0 aliphatic heterocycles. The van der Waals surface area contributed by atoms with E-state index in [0.29, 0.717) is 28.0 Å². The molecule has 6 nitrogen and oxygen atoms in total. The van der Waals surface area contributed by atoms with Crippen LogP contribution in [0.5, 0.6) is 5.75 Å². The molecule has 1 amide bonds. The molecule has 0 bridgehead atoms. The molecule has 3 aromatic carbocycles. The predicted molar refractivity (Wildman–Crippen MR) is 133 cm³/mol. The van der Waals surface area contributed by atoms with Gasteiger partial charge in [0.2, 0.25) is 9.84 Å². The maximum atomic E-state index is 13.7. The summed E-state index contributed by atoms with van der Waals surface area (Å²) in [6.07, 6.45) is 3.53. The highest BCUT2D eigenvalue weighted by atomic mass is 35.5. The molecular weight excluding hydrogens is 480 g/mol. The van der Waals surface area contributed by atoms with Gasteiger partial charge in [0.1, 0.15) is 10.6 Å². The molecule has 0 radical (unpaired) electrons. The quantitative estimate of drug-likeness (QED) is 0.351. The highest BCUT2D eigenvalue weighted by Crippen LogP contribution is 2.36. The molecule has 0 fully saturated rings. The van der Waals surface area contributed by atoms with E-state index in [2.05, 4.69) is 5.32 Å². The minimum absolute atomic E-state index is 0.0279. The largest absolute Gasteiger partial charge is 0.495 e. The first-order valence-electron chi connectivity index (χ1n) is 9.92. The summed E-state index contributed by atoms with van der Waals surface area (Å²) in [6.45, 7) is 0. The van der Waals surface area contributed by atoms with Gasteiger partial charge in [-0.2, -0.15) is 0 Å². The molecule has 0 saturated heterocycles. The van der Waals surface area contributed by atoms with Crippen molar-refractivity contribution in [2.75, 3.05) is 18.7 Å². The second-order valence-corrected chi connectivity index (χ2v) is 10.4. The number of nitrogens with zero attached hydrogens (tertiary/aromatic N) is 1. The number of methoxy groups -OCH3 is 1. The van der Waals surface area contributed by atoms with Gasteiger partial charge in [-0.15, -0.1) is 11.8 Å². The van der Waals surface area contributed by atoms with Crippen LogP contribution in [0.2, 0.25) is 5.02 Å². The highest BCUT2D eigenvalue weighted by molar-refractivity contribution is 7.97. The Morgan fingerprint density at radius 1 is 1.06 bits per heavy atom. The summed E-state index contributed by atoms with van der Waals surface area (Å²) in [6, 6.07) is 18.6. The van der Waals surface area contributed by atoms with E-state index in [0.717, 1.165) is 0 Å². The van der Waals surface area contributed by atoms with Crippen LogP contribution >= 0.6 is 23.4 Å². The summed E-state index contributed by atoms with van der Waals surface area (Å²) in [5.41, 5.74) is 1.71. The fourth-order valence-electron chi connectivity index (χ4n) is 3.57. The average Bonchev–Trinajstić information content (AvgIpc) is 3.18.